The van der Waals surface area contributed by atoms with E-state index in [1.54, 1.807) is 6.20 Å². The molecule has 0 bridgehead atoms. The molecule has 1 aromatic rings. The molecular formula is C21H36N4O3. The van der Waals surface area contributed by atoms with E-state index >= 15 is 0 Å². The summed E-state index contributed by atoms with van der Waals surface area (Å²) in [4.78, 5) is 17.5. The smallest absolute Gasteiger partial charge is 0.228 e. The third-order valence-electron chi connectivity index (χ3n) is 5.75. The number of ether oxygens (including phenoxy) is 2. The predicted molar refractivity (Wildman–Crippen MR) is 108 cm³/mol. The van der Waals surface area contributed by atoms with Gasteiger partial charge in [-0.25, -0.2) is 0 Å². The maximum absolute atomic E-state index is 13.3. The van der Waals surface area contributed by atoms with Gasteiger partial charge in [0.15, 0.2) is 0 Å². The number of aromatic nitrogens is 2. The van der Waals surface area contributed by atoms with E-state index in [2.05, 4.69) is 37.7 Å². The Labute approximate surface area is 169 Å². The number of hydrogen-bond acceptors (Lipinski definition) is 5. The summed E-state index contributed by atoms with van der Waals surface area (Å²) in [6.45, 7) is 13.3. The molecule has 2 atom stereocenters. The summed E-state index contributed by atoms with van der Waals surface area (Å²) in [5, 5.41) is 4.43. The Bertz CT molecular complexity index is 658. The molecule has 1 amide bonds. The molecule has 2 aliphatic rings. The summed E-state index contributed by atoms with van der Waals surface area (Å²) >= 11 is 0. The Kier molecular flexibility index (Phi) is 6.78. The predicted octanol–water partition coefficient (Wildman–Crippen LogP) is 2.50. The highest BCUT2D eigenvalue weighted by atomic mass is 16.5. The third-order valence-corrected chi connectivity index (χ3v) is 5.75. The Morgan fingerprint density at radius 2 is 2.18 bits per heavy atom. The number of amides is 1. The van der Waals surface area contributed by atoms with E-state index in [1.165, 1.54) is 0 Å². The molecule has 7 heteroatoms. The minimum absolute atomic E-state index is 0.113. The van der Waals surface area contributed by atoms with Gasteiger partial charge >= 0.3 is 0 Å². The molecule has 28 heavy (non-hydrogen) atoms. The summed E-state index contributed by atoms with van der Waals surface area (Å²) in [5.74, 6) is 0.0304. The van der Waals surface area contributed by atoms with Crippen LogP contribution in [0.4, 0.5) is 0 Å². The van der Waals surface area contributed by atoms with Gasteiger partial charge in [-0.3, -0.25) is 14.4 Å². The average molecular weight is 393 g/mol. The second kappa shape index (κ2) is 8.93. The first-order chi connectivity index (χ1) is 13.3. The van der Waals surface area contributed by atoms with Crippen molar-refractivity contribution in [1.82, 2.24) is 19.6 Å². The molecule has 2 aliphatic heterocycles. The first-order valence-electron chi connectivity index (χ1n) is 10.5. The van der Waals surface area contributed by atoms with Crippen LogP contribution in [0.15, 0.2) is 12.3 Å². The molecule has 3 rings (SSSR count). The number of rotatable bonds is 6. The SMILES string of the molecule is CC(C)n1nccc1[C@@H]1OCCC[C@H]1C(=O)N(C)CCN1CCOC(C)(C)C1. The number of carbonyl (C=O) groups is 1. The van der Waals surface area contributed by atoms with Crippen molar-refractivity contribution < 1.29 is 14.3 Å². The zero-order valence-corrected chi connectivity index (χ0v) is 18.1. The zero-order chi connectivity index (χ0) is 20.3. The standard InChI is InChI=1S/C21H36N4O3/c1-16(2)25-18(8-9-22-25)19-17(7-6-13-27-19)20(26)23(5)10-11-24-12-14-28-21(3,4)15-24/h8-9,16-17,19H,6-7,10-15H2,1-5H3/t17-,19-/m1/s1. The van der Waals surface area contributed by atoms with Gasteiger partial charge in [0, 0.05) is 52.1 Å². The largest absolute Gasteiger partial charge is 0.373 e. The molecule has 2 saturated heterocycles. The van der Waals surface area contributed by atoms with E-state index in [4.69, 9.17) is 9.47 Å². The highest BCUT2D eigenvalue weighted by molar-refractivity contribution is 5.79. The third kappa shape index (κ3) is 4.93. The van der Waals surface area contributed by atoms with E-state index in [0.29, 0.717) is 6.61 Å². The lowest BCUT2D eigenvalue weighted by molar-refractivity contribution is -0.145. The van der Waals surface area contributed by atoms with Gasteiger partial charge in [0.25, 0.3) is 0 Å². The van der Waals surface area contributed by atoms with Crippen molar-refractivity contribution in [2.24, 2.45) is 5.92 Å². The second-order valence-corrected chi connectivity index (χ2v) is 8.98. The molecule has 0 radical (unpaired) electrons. The molecule has 0 saturated carbocycles. The van der Waals surface area contributed by atoms with E-state index < -0.39 is 0 Å². The average Bonchev–Trinajstić information content (AvgIpc) is 3.15. The molecule has 7 nitrogen and oxygen atoms in total. The molecule has 0 aliphatic carbocycles. The summed E-state index contributed by atoms with van der Waals surface area (Å²) in [6.07, 6.45) is 3.38. The van der Waals surface area contributed by atoms with Crippen LogP contribution in [-0.4, -0.2) is 77.5 Å². The molecule has 158 valence electrons. The maximum Gasteiger partial charge on any atom is 0.228 e. The minimum atomic E-state index is -0.212. The first kappa shape index (κ1) is 21.3. The van der Waals surface area contributed by atoms with Crippen molar-refractivity contribution in [2.45, 2.75) is 58.3 Å². The van der Waals surface area contributed by atoms with Crippen molar-refractivity contribution in [1.29, 1.82) is 0 Å². The topological polar surface area (TPSA) is 59.8 Å². The molecule has 1 aromatic heterocycles. The van der Waals surface area contributed by atoms with Gasteiger partial charge in [0.05, 0.1) is 23.8 Å². The lowest BCUT2D eigenvalue weighted by Gasteiger charge is -2.39. The van der Waals surface area contributed by atoms with E-state index in [0.717, 1.165) is 51.3 Å². The van der Waals surface area contributed by atoms with Crippen molar-refractivity contribution in [3.8, 4) is 0 Å². The molecule has 0 unspecified atom stereocenters. The first-order valence-corrected chi connectivity index (χ1v) is 10.5. The van der Waals surface area contributed by atoms with Crippen molar-refractivity contribution >= 4 is 5.91 Å². The number of hydrogen-bond donors (Lipinski definition) is 0. The number of morpholine rings is 1. The van der Waals surface area contributed by atoms with Crippen LogP contribution in [0.25, 0.3) is 0 Å². The Hall–Kier alpha value is -1.44. The summed E-state index contributed by atoms with van der Waals surface area (Å²) in [5.41, 5.74) is 0.898. The van der Waals surface area contributed by atoms with Crippen molar-refractivity contribution in [3.63, 3.8) is 0 Å². The fourth-order valence-electron chi connectivity index (χ4n) is 4.30. The maximum atomic E-state index is 13.3. The van der Waals surface area contributed by atoms with Crippen LogP contribution in [-0.2, 0) is 14.3 Å². The van der Waals surface area contributed by atoms with Gasteiger partial charge in [-0.2, -0.15) is 5.10 Å². The van der Waals surface area contributed by atoms with Gasteiger partial charge in [0.1, 0.15) is 6.10 Å². The normalized spacial score (nSPS) is 25.8. The van der Waals surface area contributed by atoms with Crippen LogP contribution in [0.5, 0.6) is 0 Å². The van der Waals surface area contributed by atoms with E-state index in [9.17, 15) is 4.79 Å². The number of carbonyl (C=O) groups excluding carboxylic acids is 1. The quantitative estimate of drug-likeness (QED) is 0.744. The van der Waals surface area contributed by atoms with Crippen LogP contribution in [0.3, 0.4) is 0 Å². The molecule has 2 fully saturated rings. The Balaban J connectivity index is 1.63. The molecular weight excluding hydrogens is 356 g/mol. The minimum Gasteiger partial charge on any atom is -0.373 e. The van der Waals surface area contributed by atoms with Crippen LogP contribution in [0.2, 0.25) is 0 Å². The highest BCUT2D eigenvalue weighted by Crippen LogP contribution is 2.35. The summed E-state index contributed by atoms with van der Waals surface area (Å²) in [6, 6.07) is 2.24. The van der Waals surface area contributed by atoms with Crippen LogP contribution in [0.1, 0.15) is 58.4 Å². The molecule has 0 N–H and O–H groups in total. The zero-order valence-electron chi connectivity index (χ0n) is 18.1. The van der Waals surface area contributed by atoms with E-state index in [1.807, 2.05) is 22.7 Å². The monoisotopic (exact) mass is 392 g/mol. The van der Waals surface area contributed by atoms with Gasteiger partial charge in [-0.15, -0.1) is 0 Å². The molecule has 0 spiro atoms. The van der Waals surface area contributed by atoms with Crippen molar-refractivity contribution in [2.75, 3.05) is 46.4 Å². The Morgan fingerprint density at radius 3 is 2.89 bits per heavy atom. The number of nitrogens with zero attached hydrogens (tertiary/aromatic N) is 4. The van der Waals surface area contributed by atoms with Crippen molar-refractivity contribution in [3.05, 3.63) is 18.0 Å². The van der Waals surface area contributed by atoms with E-state index in [-0.39, 0.29) is 29.6 Å². The molecule has 0 aromatic carbocycles. The second-order valence-electron chi connectivity index (χ2n) is 8.98. The number of likely N-dealkylation sites (N-methyl/N-ethyl adjacent to an activating group) is 1. The van der Waals surface area contributed by atoms with Crippen LogP contribution >= 0.6 is 0 Å². The van der Waals surface area contributed by atoms with Gasteiger partial charge < -0.3 is 14.4 Å². The summed E-state index contributed by atoms with van der Waals surface area (Å²) in [7, 11) is 1.92. The lowest BCUT2D eigenvalue weighted by Crippen LogP contribution is -2.50. The van der Waals surface area contributed by atoms with Crippen LogP contribution in [0, 0.1) is 5.92 Å². The van der Waals surface area contributed by atoms with Gasteiger partial charge in [0.2, 0.25) is 5.91 Å². The Morgan fingerprint density at radius 1 is 1.39 bits per heavy atom. The summed E-state index contributed by atoms with van der Waals surface area (Å²) < 4.78 is 13.8. The molecule has 3 heterocycles. The lowest BCUT2D eigenvalue weighted by atomic mass is 9.90. The fourth-order valence-corrected chi connectivity index (χ4v) is 4.30. The highest BCUT2D eigenvalue weighted by Gasteiger charge is 2.37. The van der Waals surface area contributed by atoms with Gasteiger partial charge in [-0.05, 0) is 46.6 Å². The van der Waals surface area contributed by atoms with Crippen LogP contribution < -0.4 is 0 Å². The fraction of sp³-hybridized carbons (Fsp3) is 0.810. The van der Waals surface area contributed by atoms with Gasteiger partial charge in [-0.1, -0.05) is 0 Å².